The Labute approximate surface area is 178 Å². The van der Waals surface area contributed by atoms with Gasteiger partial charge in [0.1, 0.15) is 0 Å². The van der Waals surface area contributed by atoms with Crippen molar-refractivity contribution in [1.29, 1.82) is 0 Å². The number of hydrogen-bond acceptors (Lipinski definition) is 5. The van der Waals surface area contributed by atoms with Crippen molar-refractivity contribution in [3.8, 4) is 11.1 Å². The van der Waals surface area contributed by atoms with Gasteiger partial charge in [-0.15, -0.1) is 0 Å². The van der Waals surface area contributed by atoms with E-state index in [0.717, 1.165) is 17.7 Å². The average molecular weight is 430 g/mol. The van der Waals surface area contributed by atoms with Crippen molar-refractivity contribution < 1.29 is 18.0 Å². The summed E-state index contributed by atoms with van der Waals surface area (Å²) in [4.78, 5) is 18.8. The van der Waals surface area contributed by atoms with E-state index < -0.39 is 10.0 Å². The predicted octanol–water partition coefficient (Wildman–Crippen LogP) is 2.41. The Kier molecular flexibility index (Phi) is 7.04. The maximum Gasteiger partial charge on any atom is 0.270 e. The van der Waals surface area contributed by atoms with Crippen LogP contribution in [0.2, 0.25) is 0 Å². The zero-order chi connectivity index (χ0) is 21.7. The Morgan fingerprint density at radius 2 is 1.83 bits per heavy atom. The topological polar surface area (TPSA) is 79.0 Å². The van der Waals surface area contributed by atoms with Gasteiger partial charge < -0.3 is 4.90 Å². The largest absolute Gasteiger partial charge is 0.305 e. The van der Waals surface area contributed by atoms with Crippen LogP contribution in [-0.2, 0) is 26.2 Å². The van der Waals surface area contributed by atoms with Crippen molar-refractivity contribution in [3.63, 3.8) is 0 Å². The van der Waals surface area contributed by atoms with E-state index in [1.165, 1.54) is 17.0 Å². The Balaban J connectivity index is 1.79. The van der Waals surface area contributed by atoms with Gasteiger partial charge in [0.05, 0.1) is 12.0 Å². The van der Waals surface area contributed by atoms with Crippen molar-refractivity contribution in [2.24, 2.45) is 0 Å². The highest BCUT2D eigenvalue weighted by atomic mass is 32.2. The maximum absolute atomic E-state index is 13.0. The molecule has 0 atom stereocenters. The molecule has 7 nitrogen and oxygen atoms in total. The van der Waals surface area contributed by atoms with Gasteiger partial charge in [-0.25, -0.2) is 13.9 Å². The first-order valence-corrected chi connectivity index (χ1v) is 11.1. The van der Waals surface area contributed by atoms with Crippen LogP contribution in [0.1, 0.15) is 12.0 Å². The van der Waals surface area contributed by atoms with Crippen LogP contribution >= 0.6 is 0 Å². The molecule has 0 aliphatic carbocycles. The molecule has 3 rings (SSSR count). The lowest BCUT2D eigenvalue weighted by Crippen LogP contribution is -2.37. The lowest BCUT2D eigenvalue weighted by atomic mass is 9.99. The summed E-state index contributed by atoms with van der Waals surface area (Å²) < 4.78 is 27.4. The molecule has 0 saturated carbocycles. The van der Waals surface area contributed by atoms with Crippen LogP contribution in [-0.4, -0.2) is 57.8 Å². The molecule has 1 aliphatic rings. The quantitative estimate of drug-likeness (QED) is 0.684. The minimum Gasteiger partial charge on any atom is -0.305 e. The molecule has 160 valence electrons. The summed E-state index contributed by atoms with van der Waals surface area (Å²) in [6.07, 6.45) is 1.96. The Hall–Kier alpha value is -2.52. The fourth-order valence-electron chi connectivity index (χ4n) is 3.47. The number of nitrogens with one attached hydrogen (secondary N) is 1. The maximum atomic E-state index is 13.0. The minimum atomic E-state index is -3.63. The van der Waals surface area contributed by atoms with E-state index >= 15 is 0 Å². The SMILES string of the molecule is CONC(=O)C1=CCN(S(=O)(=O)c2ccc(-c3ccccc3CN(C)C)cc2)CC1. The third-order valence-electron chi connectivity index (χ3n) is 4.97. The molecule has 1 heterocycles. The normalized spacial score (nSPS) is 15.1. The lowest BCUT2D eigenvalue weighted by molar-refractivity contribution is -0.127. The number of sulfonamides is 1. The molecule has 1 aliphatic heterocycles. The molecule has 2 aromatic rings. The van der Waals surface area contributed by atoms with Crippen LogP contribution in [0.15, 0.2) is 65.1 Å². The predicted molar refractivity (Wildman–Crippen MR) is 116 cm³/mol. The highest BCUT2D eigenvalue weighted by Crippen LogP contribution is 2.27. The van der Waals surface area contributed by atoms with Crippen LogP contribution in [0.3, 0.4) is 0 Å². The first-order valence-electron chi connectivity index (χ1n) is 9.68. The third-order valence-corrected chi connectivity index (χ3v) is 6.84. The molecular weight excluding hydrogens is 402 g/mol. The fourth-order valence-corrected chi connectivity index (χ4v) is 4.85. The highest BCUT2D eigenvalue weighted by Gasteiger charge is 2.27. The smallest absolute Gasteiger partial charge is 0.270 e. The van der Waals surface area contributed by atoms with Gasteiger partial charge in [-0.05, 0) is 49.3 Å². The summed E-state index contributed by atoms with van der Waals surface area (Å²) in [6, 6.07) is 15.1. The van der Waals surface area contributed by atoms with Crippen LogP contribution in [0.4, 0.5) is 0 Å². The number of benzene rings is 2. The summed E-state index contributed by atoms with van der Waals surface area (Å²) >= 11 is 0. The van der Waals surface area contributed by atoms with Gasteiger partial charge in [-0.1, -0.05) is 42.5 Å². The third kappa shape index (κ3) is 4.96. The zero-order valence-electron chi connectivity index (χ0n) is 17.5. The summed E-state index contributed by atoms with van der Waals surface area (Å²) in [5.74, 6) is -0.338. The van der Waals surface area contributed by atoms with Gasteiger partial charge >= 0.3 is 0 Å². The van der Waals surface area contributed by atoms with Gasteiger partial charge in [-0.3, -0.25) is 9.63 Å². The molecule has 8 heteroatoms. The minimum absolute atomic E-state index is 0.155. The molecule has 0 radical (unpaired) electrons. The molecule has 30 heavy (non-hydrogen) atoms. The van der Waals surface area contributed by atoms with E-state index in [2.05, 4.69) is 21.3 Å². The molecular formula is C22H27N3O4S. The van der Waals surface area contributed by atoms with Gasteiger partial charge in [0.15, 0.2) is 0 Å². The molecule has 0 bridgehead atoms. The molecule has 0 unspecified atom stereocenters. The zero-order valence-corrected chi connectivity index (χ0v) is 18.3. The molecule has 0 fully saturated rings. The van der Waals surface area contributed by atoms with Crippen LogP contribution in [0.25, 0.3) is 11.1 Å². The van der Waals surface area contributed by atoms with Crippen LogP contribution in [0, 0.1) is 0 Å². The standard InChI is InChI=1S/C22H27N3O4S/c1-24(2)16-19-6-4-5-7-21(19)17-8-10-20(11-9-17)30(27,28)25-14-12-18(13-15-25)22(26)23-29-3/h4-12H,13-16H2,1-3H3,(H,23,26). The molecule has 1 N–H and O–H groups in total. The van der Waals surface area contributed by atoms with E-state index in [1.807, 2.05) is 44.4 Å². The van der Waals surface area contributed by atoms with Crippen molar-refractivity contribution in [2.75, 3.05) is 34.3 Å². The molecule has 1 amide bonds. The van der Waals surface area contributed by atoms with E-state index in [9.17, 15) is 13.2 Å². The number of amides is 1. The molecule has 0 spiro atoms. The summed E-state index contributed by atoms with van der Waals surface area (Å²) in [6.45, 7) is 1.20. The summed E-state index contributed by atoms with van der Waals surface area (Å²) in [7, 11) is 1.76. The number of rotatable bonds is 7. The average Bonchev–Trinajstić information content (AvgIpc) is 2.74. The fraction of sp³-hybridized carbons (Fsp3) is 0.318. The second-order valence-corrected chi connectivity index (χ2v) is 9.33. The van der Waals surface area contributed by atoms with Gasteiger partial charge in [-0.2, -0.15) is 4.31 Å². The van der Waals surface area contributed by atoms with E-state index in [0.29, 0.717) is 12.0 Å². The summed E-state index contributed by atoms with van der Waals surface area (Å²) in [5, 5.41) is 0. The number of carbonyl (C=O) groups is 1. The first kappa shape index (κ1) is 22.2. The van der Waals surface area contributed by atoms with Crippen LogP contribution in [0.5, 0.6) is 0 Å². The van der Waals surface area contributed by atoms with E-state index in [1.54, 1.807) is 18.2 Å². The van der Waals surface area contributed by atoms with Crippen LogP contribution < -0.4 is 5.48 Å². The summed E-state index contributed by atoms with van der Waals surface area (Å²) in [5.41, 5.74) is 6.03. The number of carbonyl (C=O) groups excluding carboxylic acids is 1. The van der Waals surface area contributed by atoms with Crippen molar-refractivity contribution >= 4 is 15.9 Å². The monoisotopic (exact) mass is 429 g/mol. The highest BCUT2D eigenvalue weighted by molar-refractivity contribution is 7.89. The number of hydroxylamine groups is 1. The van der Waals surface area contributed by atoms with Gasteiger partial charge in [0.25, 0.3) is 5.91 Å². The first-order chi connectivity index (χ1) is 14.3. The molecule has 0 saturated heterocycles. The Bertz CT molecular complexity index is 1030. The second kappa shape index (κ2) is 9.53. The van der Waals surface area contributed by atoms with Gasteiger partial charge in [0, 0.05) is 25.2 Å². The van der Waals surface area contributed by atoms with E-state index in [4.69, 9.17) is 0 Å². The Morgan fingerprint density at radius 1 is 1.13 bits per heavy atom. The number of hydrogen-bond donors (Lipinski definition) is 1. The molecule has 0 aromatic heterocycles. The van der Waals surface area contributed by atoms with Crippen molar-refractivity contribution in [1.82, 2.24) is 14.7 Å². The van der Waals surface area contributed by atoms with E-state index in [-0.39, 0.29) is 23.9 Å². The van der Waals surface area contributed by atoms with Gasteiger partial charge in [0.2, 0.25) is 10.0 Å². The van der Waals surface area contributed by atoms with Crippen molar-refractivity contribution in [2.45, 2.75) is 17.9 Å². The van der Waals surface area contributed by atoms with Crippen molar-refractivity contribution in [3.05, 3.63) is 65.7 Å². The molecule has 2 aromatic carbocycles. The number of nitrogens with zero attached hydrogens (tertiary/aromatic N) is 2. The Morgan fingerprint density at radius 3 is 2.43 bits per heavy atom. The lowest BCUT2D eigenvalue weighted by Gasteiger charge is -2.25. The second-order valence-electron chi connectivity index (χ2n) is 7.40.